The zero-order valence-electron chi connectivity index (χ0n) is 21.0. The predicted molar refractivity (Wildman–Crippen MR) is 144 cm³/mol. The number of halogens is 4. The van der Waals surface area contributed by atoms with Crippen LogP contribution in [-0.2, 0) is 6.18 Å². The van der Waals surface area contributed by atoms with Crippen molar-refractivity contribution in [3.8, 4) is 11.5 Å². The van der Waals surface area contributed by atoms with Crippen molar-refractivity contribution >= 4 is 38.5 Å². The largest absolute Gasteiger partial charge is 0.493 e. The van der Waals surface area contributed by atoms with Crippen LogP contribution in [0.5, 0.6) is 11.5 Å². The van der Waals surface area contributed by atoms with Gasteiger partial charge < -0.3 is 13.9 Å². The summed E-state index contributed by atoms with van der Waals surface area (Å²) < 4.78 is 58.7. The maximum absolute atomic E-state index is 13.8. The standard InChI is InChI=1S/C29H23BrF3NO5/c1-3-4-12-38-22-10-8-16(13-23(22)37-2)25-24-26(35)20-15-18(30)9-11-21(20)39-27(24)28(36)34(25)19-7-5-6-17(14-19)29(31,32)33/h5-11,13-15,25H,3-4,12H2,1-2H3. The summed E-state index contributed by atoms with van der Waals surface area (Å²) in [6, 6.07) is 13.1. The fourth-order valence-electron chi connectivity index (χ4n) is 4.66. The van der Waals surface area contributed by atoms with E-state index in [2.05, 4.69) is 15.9 Å². The molecule has 3 aromatic carbocycles. The molecule has 0 saturated heterocycles. The highest BCUT2D eigenvalue weighted by atomic mass is 79.9. The average Bonchev–Trinajstić information content (AvgIpc) is 3.21. The van der Waals surface area contributed by atoms with Crippen LogP contribution in [0.1, 0.15) is 53.1 Å². The molecular weight excluding hydrogens is 579 g/mol. The summed E-state index contributed by atoms with van der Waals surface area (Å²) in [5.74, 6) is -0.112. The summed E-state index contributed by atoms with van der Waals surface area (Å²) in [5.41, 5.74) is -0.739. The van der Waals surface area contributed by atoms with Crippen LogP contribution in [-0.4, -0.2) is 19.6 Å². The summed E-state index contributed by atoms with van der Waals surface area (Å²) in [7, 11) is 1.46. The van der Waals surface area contributed by atoms with Gasteiger partial charge in [-0.25, -0.2) is 0 Å². The van der Waals surface area contributed by atoms with Crippen molar-refractivity contribution in [2.24, 2.45) is 0 Å². The second-order valence-electron chi connectivity index (χ2n) is 9.05. The van der Waals surface area contributed by atoms with Crippen LogP contribution in [0.25, 0.3) is 11.0 Å². The van der Waals surface area contributed by atoms with Gasteiger partial charge in [0.05, 0.1) is 36.3 Å². The summed E-state index contributed by atoms with van der Waals surface area (Å²) in [5, 5.41) is 0.235. The second kappa shape index (κ2) is 10.4. The molecule has 1 aliphatic rings. The van der Waals surface area contributed by atoms with Crippen molar-refractivity contribution < 1.29 is 31.9 Å². The van der Waals surface area contributed by atoms with Crippen LogP contribution >= 0.6 is 15.9 Å². The molecule has 1 aliphatic heterocycles. The van der Waals surface area contributed by atoms with E-state index in [-0.39, 0.29) is 28.0 Å². The van der Waals surface area contributed by atoms with Gasteiger partial charge in [0, 0.05) is 10.2 Å². The fraction of sp³-hybridized carbons (Fsp3) is 0.241. The first-order chi connectivity index (χ1) is 18.6. The summed E-state index contributed by atoms with van der Waals surface area (Å²) >= 11 is 3.35. The maximum atomic E-state index is 13.8. The molecule has 6 nitrogen and oxygen atoms in total. The van der Waals surface area contributed by atoms with Gasteiger partial charge >= 0.3 is 6.18 Å². The summed E-state index contributed by atoms with van der Waals surface area (Å²) in [6.07, 6.45) is -2.85. The van der Waals surface area contributed by atoms with Crippen LogP contribution in [0.15, 0.2) is 74.3 Å². The molecule has 0 radical (unpaired) electrons. The highest BCUT2D eigenvalue weighted by Gasteiger charge is 2.44. The van der Waals surface area contributed by atoms with Gasteiger partial charge in [0.25, 0.3) is 5.91 Å². The third-order valence-corrected chi connectivity index (χ3v) is 7.04. The number of nitrogens with zero attached hydrogens (tertiary/aromatic N) is 1. The predicted octanol–water partition coefficient (Wildman–Crippen LogP) is 7.51. The van der Waals surface area contributed by atoms with E-state index in [9.17, 15) is 22.8 Å². The molecule has 39 heavy (non-hydrogen) atoms. The van der Waals surface area contributed by atoms with Gasteiger partial charge in [-0.15, -0.1) is 0 Å². The molecule has 4 aromatic rings. The van der Waals surface area contributed by atoms with Gasteiger partial charge in [-0.2, -0.15) is 13.2 Å². The molecule has 2 heterocycles. The van der Waals surface area contributed by atoms with E-state index in [1.807, 2.05) is 6.92 Å². The van der Waals surface area contributed by atoms with Crippen molar-refractivity contribution in [3.05, 3.63) is 97.8 Å². The van der Waals surface area contributed by atoms with Gasteiger partial charge in [0.15, 0.2) is 16.9 Å². The first-order valence-electron chi connectivity index (χ1n) is 12.2. The molecule has 0 N–H and O–H groups in total. The molecular formula is C29H23BrF3NO5. The van der Waals surface area contributed by atoms with E-state index < -0.39 is 29.1 Å². The number of benzene rings is 3. The van der Waals surface area contributed by atoms with Crippen LogP contribution in [0.3, 0.4) is 0 Å². The number of unbranched alkanes of at least 4 members (excludes halogenated alkanes) is 1. The van der Waals surface area contributed by atoms with E-state index in [4.69, 9.17) is 13.9 Å². The SMILES string of the molecule is CCCCOc1ccc(C2c3c(oc4ccc(Br)cc4c3=O)C(=O)N2c2cccc(C(F)(F)F)c2)cc1OC. The lowest BCUT2D eigenvalue weighted by molar-refractivity contribution is -0.137. The highest BCUT2D eigenvalue weighted by Crippen LogP contribution is 2.44. The minimum Gasteiger partial charge on any atom is -0.493 e. The maximum Gasteiger partial charge on any atom is 0.416 e. The molecule has 0 aliphatic carbocycles. The Hall–Kier alpha value is -3.79. The van der Waals surface area contributed by atoms with Gasteiger partial charge in [-0.05, 0) is 60.5 Å². The number of ether oxygens (including phenoxy) is 2. The Bertz CT molecular complexity index is 1630. The van der Waals surface area contributed by atoms with Crippen LogP contribution in [0.4, 0.5) is 18.9 Å². The minimum atomic E-state index is -4.63. The van der Waals surface area contributed by atoms with Gasteiger partial charge in [-0.1, -0.05) is 41.4 Å². The Kier molecular flexibility index (Phi) is 7.15. The number of rotatable bonds is 7. The van der Waals surface area contributed by atoms with Gasteiger partial charge in [0.1, 0.15) is 5.58 Å². The molecule has 5 rings (SSSR count). The summed E-state index contributed by atoms with van der Waals surface area (Å²) in [6.45, 7) is 2.51. The molecule has 202 valence electrons. The van der Waals surface area contributed by atoms with Crippen LogP contribution in [0, 0.1) is 0 Å². The molecule has 10 heteroatoms. The molecule has 1 atom stereocenters. The van der Waals surface area contributed by atoms with E-state index in [1.165, 1.54) is 19.2 Å². The Labute approximate surface area is 230 Å². The number of alkyl halides is 3. The number of carbonyl (C=O) groups excluding carboxylic acids is 1. The van der Waals surface area contributed by atoms with Crippen molar-refractivity contribution in [2.75, 3.05) is 18.6 Å². The van der Waals surface area contributed by atoms with Crippen LogP contribution < -0.4 is 19.8 Å². The quantitative estimate of drug-likeness (QED) is 0.205. The number of anilines is 1. The number of methoxy groups -OCH3 is 1. The number of fused-ring (bicyclic) bond motifs is 2. The van der Waals surface area contributed by atoms with E-state index >= 15 is 0 Å². The second-order valence-corrected chi connectivity index (χ2v) is 9.97. The molecule has 1 amide bonds. The minimum absolute atomic E-state index is 0.0295. The Balaban J connectivity index is 1.73. The molecule has 1 aromatic heterocycles. The lowest BCUT2D eigenvalue weighted by atomic mass is 9.97. The first-order valence-corrected chi connectivity index (χ1v) is 13.0. The highest BCUT2D eigenvalue weighted by molar-refractivity contribution is 9.10. The first kappa shape index (κ1) is 26.8. The van der Waals surface area contributed by atoms with Crippen molar-refractivity contribution in [2.45, 2.75) is 32.0 Å². The number of carbonyl (C=O) groups is 1. The average molecular weight is 602 g/mol. The number of hydrogen-bond acceptors (Lipinski definition) is 5. The van der Waals surface area contributed by atoms with E-state index in [0.29, 0.717) is 28.1 Å². The number of amides is 1. The number of hydrogen-bond donors (Lipinski definition) is 0. The topological polar surface area (TPSA) is 69.0 Å². The molecule has 1 unspecified atom stereocenters. The zero-order valence-corrected chi connectivity index (χ0v) is 22.6. The third-order valence-electron chi connectivity index (χ3n) is 6.54. The Morgan fingerprint density at radius 2 is 1.82 bits per heavy atom. The lowest BCUT2D eigenvalue weighted by Crippen LogP contribution is -2.29. The van der Waals surface area contributed by atoms with Crippen molar-refractivity contribution in [1.82, 2.24) is 0 Å². The fourth-order valence-corrected chi connectivity index (χ4v) is 5.02. The molecule has 0 bridgehead atoms. The van der Waals surface area contributed by atoms with Gasteiger partial charge in [0.2, 0.25) is 5.76 Å². The lowest BCUT2D eigenvalue weighted by Gasteiger charge is -2.26. The van der Waals surface area contributed by atoms with E-state index in [0.717, 1.165) is 29.9 Å². The van der Waals surface area contributed by atoms with Gasteiger partial charge in [-0.3, -0.25) is 14.5 Å². The van der Waals surface area contributed by atoms with E-state index in [1.54, 1.807) is 36.4 Å². The van der Waals surface area contributed by atoms with Crippen molar-refractivity contribution in [3.63, 3.8) is 0 Å². The smallest absolute Gasteiger partial charge is 0.416 e. The molecule has 0 saturated carbocycles. The Morgan fingerprint density at radius 3 is 2.54 bits per heavy atom. The Morgan fingerprint density at radius 1 is 1.03 bits per heavy atom. The summed E-state index contributed by atoms with van der Waals surface area (Å²) in [4.78, 5) is 28.7. The molecule has 0 fully saturated rings. The van der Waals surface area contributed by atoms with Crippen molar-refractivity contribution in [1.29, 1.82) is 0 Å². The molecule has 0 spiro atoms. The third kappa shape index (κ3) is 4.89. The monoisotopic (exact) mass is 601 g/mol. The normalized spacial score (nSPS) is 15.1. The van der Waals surface area contributed by atoms with Crippen LogP contribution in [0.2, 0.25) is 0 Å². The zero-order chi connectivity index (χ0) is 27.9.